The first-order valence-electron chi connectivity index (χ1n) is 23.8. The Hall–Kier alpha value is -0.652. The molecule has 22 heteroatoms. The Morgan fingerprint density at radius 1 is 0.403 bits per heavy atom. The van der Waals surface area contributed by atoms with Crippen LogP contribution in [0.5, 0.6) is 11.5 Å². The highest BCUT2D eigenvalue weighted by Gasteiger charge is 2.57. The molecule has 14 nitrogen and oxygen atoms in total. The van der Waals surface area contributed by atoms with Crippen molar-refractivity contribution < 1.29 is 63.3 Å². The summed E-state index contributed by atoms with van der Waals surface area (Å²) in [5.74, 6) is 0.626. The van der Waals surface area contributed by atoms with E-state index in [1.165, 1.54) is 0 Å². The second kappa shape index (κ2) is 23.0. The molecule has 10 atom stereocenters. The van der Waals surface area contributed by atoms with Crippen molar-refractivity contribution >= 4 is 66.0 Å². The first kappa shape index (κ1) is 58.9. The van der Waals surface area contributed by atoms with E-state index in [9.17, 15) is 4.57 Å². The van der Waals surface area contributed by atoms with Crippen molar-refractivity contribution in [1.29, 1.82) is 0 Å². The van der Waals surface area contributed by atoms with Gasteiger partial charge in [0.2, 0.25) is 0 Å². The Balaban J connectivity index is 1.92. The maximum absolute atomic E-state index is 14.9. The van der Waals surface area contributed by atoms with Crippen molar-refractivity contribution in [3.8, 4) is 11.5 Å². The van der Waals surface area contributed by atoms with Gasteiger partial charge >= 0.3 is 7.82 Å². The molecule has 0 spiro atoms. The summed E-state index contributed by atoms with van der Waals surface area (Å²) < 4.78 is 105. The highest BCUT2D eigenvalue weighted by molar-refractivity contribution is 7.49. The lowest BCUT2D eigenvalue weighted by Crippen LogP contribution is -2.69. The fraction of sp³-hybridized carbons (Fsp3) is 0.733. The second-order valence-corrected chi connectivity index (χ2v) is 57.2. The lowest BCUT2D eigenvalue weighted by Gasteiger charge is -2.54. The molecule has 0 radical (unpaired) electrons. The first-order chi connectivity index (χ1) is 30.4. The molecule has 0 aliphatic carbocycles. The van der Waals surface area contributed by atoms with Crippen LogP contribution in [0.3, 0.4) is 0 Å². The van der Waals surface area contributed by atoms with Crippen LogP contribution in [-0.2, 0) is 54.3 Å². The van der Waals surface area contributed by atoms with Crippen LogP contribution >= 0.6 is 7.82 Å². The van der Waals surface area contributed by atoms with E-state index in [1.807, 2.05) is 12.1 Å². The molecule has 0 bridgehead atoms. The van der Waals surface area contributed by atoms with Gasteiger partial charge in [0.05, 0.1) is 13.2 Å². The van der Waals surface area contributed by atoms with E-state index in [2.05, 4.69) is 137 Å². The molecule has 2 saturated heterocycles. The molecule has 0 aromatic heterocycles. The van der Waals surface area contributed by atoms with E-state index in [1.54, 1.807) is 48.5 Å². The van der Waals surface area contributed by atoms with Crippen LogP contribution in [0.1, 0.15) is 0 Å². The van der Waals surface area contributed by atoms with E-state index >= 15 is 0 Å². The summed E-state index contributed by atoms with van der Waals surface area (Å²) in [5.41, 5.74) is 0. The molecule has 384 valence electrons. The standard InChI is InChI=1S/C45H87O14PSi7/c1-61(2,3)48-33-37-39(55-63(7,8)9)41(57-65(13,14)15)43(59-67(19,20)21)45(50-37)51-44-42(58-66(16,17)18)40(56-64(10,11)12)38(54-62(4,5)6)36(49-44)32-47-60(46,52-34-28-24-22-25-29-34)53-35-30-26-23-27-31-35/h22-31,36-45H,32-33H2,1-21H3/t36-,37-,38-,39-,40+,41+,42-,43-,44-,45-/m1/s1. The van der Waals surface area contributed by atoms with Crippen molar-refractivity contribution in [1.82, 2.24) is 0 Å². The Kier molecular flexibility index (Phi) is 20.3. The lowest BCUT2D eigenvalue weighted by atomic mass is 9.98. The number of rotatable bonds is 24. The van der Waals surface area contributed by atoms with Gasteiger partial charge in [-0.05, 0) is 162 Å². The normalized spacial score (nSPS) is 27.5. The van der Waals surface area contributed by atoms with Gasteiger partial charge in [-0.3, -0.25) is 4.52 Å². The zero-order valence-electron chi connectivity index (χ0n) is 44.6. The molecule has 2 aromatic carbocycles. The molecule has 4 rings (SSSR count). The van der Waals surface area contributed by atoms with Crippen LogP contribution in [-0.4, -0.2) is 133 Å². The van der Waals surface area contributed by atoms with Gasteiger partial charge in [0.15, 0.2) is 70.8 Å². The Labute approximate surface area is 411 Å². The maximum Gasteiger partial charge on any atom is 0.587 e. The summed E-state index contributed by atoms with van der Waals surface area (Å²) in [6.07, 6.45) is -7.66. The minimum atomic E-state index is -4.38. The molecule has 2 aromatic rings. The minimum Gasteiger partial charge on any atom is -0.415 e. The van der Waals surface area contributed by atoms with E-state index in [4.69, 9.17) is 58.8 Å². The fourth-order valence-electron chi connectivity index (χ4n) is 7.42. The lowest BCUT2D eigenvalue weighted by molar-refractivity contribution is -0.368. The number of benzene rings is 2. The zero-order chi connectivity index (χ0) is 50.6. The Bertz CT molecular complexity index is 1810. The SMILES string of the molecule is C[Si](C)(C)OC[C@H]1O[C@H](O[C@H]2O[C@H](COP(=O)(Oc3ccccc3)Oc3ccccc3)[C@@H](O[Si](C)(C)C)[C@H](O[Si](C)(C)C)[C@H]2O[Si](C)(C)C)[C@H](O[Si](C)(C)C)[C@@H](O[Si](C)(C)C)[C@@H]1O[Si](C)(C)C. The number of para-hydroxylation sites is 2. The number of ether oxygens (including phenoxy) is 3. The van der Waals surface area contributed by atoms with Crippen LogP contribution in [0.25, 0.3) is 0 Å². The highest BCUT2D eigenvalue weighted by atomic mass is 31.2. The van der Waals surface area contributed by atoms with E-state index in [0.717, 1.165) is 0 Å². The largest absolute Gasteiger partial charge is 0.587 e. The topological polar surface area (TPSA) is 137 Å². The van der Waals surface area contributed by atoms with Gasteiger partial charge in [0, 0.05) is 0 Å². The Morgan fingerprint density at radius 3 is 1.01 bits per heavy atom. The van der Waals surface area contributed by atoms with Crippen LogP contribution in [0, 0.1) is 0 Å². The molecule has 2 aliphatic rings. The molecular weight excluding hydrogens is 992 g/mol. The van der Waals surface area contributed by atoms with E-state index < -0.39 is 127 Å². The smallest absolute Gasteiger partial charge is 0.415 e. The molecule has 2 heterocycles. The third-order valence-electron chi connectivity index (χ3n) is 9.39. The third-order valence-corrected chi connectivity index (χ3v) is 17.6. The molecule has 0 N–H and O–H groups in total. The van der Waals surface area contributed by atoms with Crippen LogP contribution in [0.4, 0.5) is 0 Å². The Morgan fingerprint density at radius 2 is 0.701 bits per heavy atom. The monoisotopic (exact) mass is 1080 g/mol. The quantitative estimate of drug-likeness (QED) is 0.0728. The molecular formula is C45H87O14PSi7. The molecule has 0 saturated carbocycles. The van der Waals surface area contributed by atoms with Crippen molar-refractivity contribution in [3.05, 3.63) is 60.7 Å². The third kappa shape index (κ3) is 21.2. The average molecular weight is 1080 g/mol. The predicted molar refractivity (Wildman–Crippen MR) is 285 cm³/mol. The van der Waals surface area contributed by atoms with Crippen molar-refractivity contribution in [3.63, 3.8) is 0 Å². The van der Waals surface area contributed by atoms with Gasteiger partial charge in [0.25, 0.3) is 0 Å². The molecule has 0 amide bonds. The zero-order valence-corrected chi connectivity index (χ0v) is 52.5. The number of phosphoric acid groups is 1. The highest BCUT2D eigenvalue weighted by Crippen LogP contribution is 2.50. The summed E-state index contributed by atoms with van der Waals surface area (Å²) >= 11 is 0. The van der Waals surface area contributed by atoms with Crippen LogP contribution in [0.2, 0.25) is 137 Å². The summed E-state index contributed by atoms with van der Waals surface area (Å²) in [6, 6.07) is 17.6. The number of hydrogen-bond acceptors (Lipinski definition) is 14. The molecule has 2 aliphatic heterocycles. The van der Waals surface area contributed by atoms with Crippen molar-refractivity contribution in [2.75, 3.05) is 13.2 Å². The number of hydrogen-bond donors (Lipinski definition) is 0. The molecule has 2 fully saturated rings. The summed E-state index contributed by atoms with van der Waals surface area (Å²) in [5, 5.41) is 0. The summed E-state index contributed by atoms with van der Waals surface area (Å²) in [6.45, 7) is 45.1. The van der Waals surface area contributed by atoms with E-state index in [0.29, 0.717) is 11.5 Å². The fourth-order valence-corrected chi connectivity index (χ4v) is 15.8. The average Bonchev–Trinajstić information content (AvgIpc) is 3.12. The van der Waals surface area contributed by atoms with Gasteiger partial charge in [0.1, 0.15) is 60.3 Å². The summed E-state index contributed by atoms with van der Waals surface area (Å²) in [4.78, 5) is 0. The van der Waals surface area contributed by atoms with Crippen molar-refractivity contribution in [2.45, 2.75) is 199 Å². The van der Waals surface area contributed by atoms with Crippen molar-refractivity contribution in [2.24, 2.45) is 0 Å². The van der Waals surface area contributed by atoms with Gasteiger partial charge in [-0.25, -0.2) is 4.57 Å². The van der Waals surface area contributed by atoms with Gasteiger partial charge in [-0.15, -0.1) is 0 Å². The van der Waals surface area contributed by atoms with Crippen LogP contribution < -0.4 is 9.05 Å². The summed E-state index contributed by atoms with van der Waals surface area (Å²) in [7, 11) is -20.4. The van der Waals surface area contributed by atoms with E-state index in [-0.39, 0.29) is 13.2 Å². The predicted octanol–water partition coefficient (Wildman–Crippen LogP) is 11.9. The first-order valence-corrected chi connectivity index (χ1v) is 49.1. The molecule has 0 unspecified atom stereocenters. The van der Waals surface area contributed by atoms with Crippen LogP contribution in [0.15, 0.2) is 60.7 Å². The minimum absolute atomic E-state index is 0.276. The van der Waals surface area contributed by atoms with Gasteiger partial charge < -0.3 is 54.2 Å². The number of phosphoric ester groups is 1. The van der Waals surface area contributed by atoms with Gasteiger partial charge in [-0.1, -0.05) is 36.4 Å². The molecule has 67 heavy (non-hydrogen) atoms. The van der Waals surface area contributed by atoms with Gasteiger partial charge in [-0.2, -0.15) is 0 Å². The maximum atomic E-state index is 14.9. The second-order valence-electron chi connectivity index (χ2n) is 24.4.